The molecule has 2 heterocycles. The van der Waals surface area contributed by atoms with E-state index in [4.69, 9.17) is 33.2 Å². The average molecular weight is 1560 g/mol. The Balaban J connectivity index is 1.06. The molecule has 1 spiro atoms. The SMILES string of the molecule is CC[C@H](C)[C@H](NC(=O)[C@H](C)NC(=O)CNC(=O)[C@H](CCCCN)NC(=O)[C@H](CC(N)=O)NC(=O)[C@H](CO)NC(=O)CNC(=O)CCCCCNC(=S)Nc1ccc2c(c1)C(=O)OC21c2ccc(O)cc2Oc2cc(O)ccc21)C(=O)N[C@H](C(=O)NCC(=O)N[C@@H](CC(C)C)C(=O)N[C@@H](CCSC)C(=O)O)[C@@H](C)CC. The number of amides is 12. The Morgan fingerprint density at radius 1 is 0.560 bits per heavy atom. The molecule has 598 valence electrons. The Bertz CT molecular complexity index is 3740. The van der Waals surface area contributed by atoms with Crippen LogP contribution in [0.4, 0.5) is 5.69 Å². The third-order valence-electron chi connectivity index (χ3n) is 18.1. The minimum atomic E-state index is -1.77. The number of thioether (sulfide) groups is 1. The summed E-state index contributed by atoms with van der Waals surface area (Å²) < 4.78 is 12.1. The number of rotatable bonds is 45. The van der Waals surface area contributed by atoms with Crippen molar-refractivity contribution in [1.29, 1.82) is 0 Å². The second kappa shape index (κ2) is 43.6. The van der Waals surface area contributed by atoms with Crippen molar-refractivity contribution in [3.05, 3.63) is 76.9 Å². The van der Waals surface area contributed by atoms with Crippen molar-refractivity contribution in [2.45, 2.75) is 179 Å². The zero-order valence-electron chi connectivity index (χ0n) is 62.3. The van der Waals surface area contributed by atoms with E-state index in [0.29, 0.717) is 73.2 Å². The molecule has 0 radical (unpaired) electrons. The van der Waals surface area contributed by atoms with Crippen molar-refractivity contribution in [2.75, 3.05) is 56.7 Å². The number of unbranched alkanes of at least 4 members (excludes halogenated alkanes) is 3. The Morgan fingerprint density at radius 2 is 1.10 bits per heavy atom. The lowest BCUT2D eigenvalue weighted by Gasteiger charge is -2.36. The van der Waals surface area contributed by atoms with E-state index < -0.39 is 181 Å². The molecule has 3 aromatic rings. The number of aliphatic hydroxyl groups excluding tert-OH is 1. The van der Waals surface area contributed by atoms with E-state index in [2.05, 4.69) is 69.1 Å². The number of hydrogen-bond donors (Lipinski definition) is 19. The number of benzene rings is 3. The highest BCUT2D eigenvalue weighted by molar-refractivity contribution is 7.98. The Hall–Kier alpha value is -10.4. The Kier molecular flexibility index (Phi) is 35.7. The van der Waals surface area contributed by atoms with Gasteiger partial charge in [-0.3, -0.25) is 57.5 Å². The predicted octanol–water partition coefficient (Wildman–Crippen LogP) is -0.268. The standard InChI is InChI=1S/C72H103N15O20S2/c1-9-38(5)60(67(101)78-35-59(95)81-50(28-37(3)4)64(98)84-49(69(103)104)24-27-109-8)87-68(102)61(39(6)10-2)86-62(96)40(7)79-57(93)34-77-63(97)48(16-13-14-25-73)83-65(99)51(32-55(74)91)85-66(100)52(36-88)82-58(94)33-76-56(92)17-12-11-15-26-75-71(108)80-41-18-21-45-44(29-41)70(105)107-72(45)46-22-19-42(89)30-53(46)106-54-31-43(90)20-23-47(54)72/h18-23,29-31,37-40,48-52,60-61,88-90H,9-17,24-28,32-36,73H2,1-8H3,(H2,74,91)(H,76,92)(H,77,97)(H,78,101)(H,79,93)(H,81,95)(H,82,94)(H,83,99)(H,84,98)(H,85,100)(H,86,96)(H,87,102)(H,103,104)(H2,75,80,108)/t38-,39-,40-,48-,49-,50-,51-,52-,60-,61-/m0/s1. The highest BCUT2D eigenvalue weighted by Crippen LogP contribution is 2.57. The quantitative estimate of drug-likeness (QED) is 0.0197. The lowest BCUT2D eigenvalue weighted by molar-refractivity contribution is -0.142. The summed E-state index contributed by atoms with van der Waals surface area (Å²) in [5.41, 5.74) is 11.8. The van der Waals surface area contributed by atoms with Crippen LogP contribution in [-0.4, -0.2) is 208 Å². The molecule has 37 heteroatoms. The van der Waals surface area contributed by atoms with Crippen molar-refractivity contribution < 1.29 is 97.0 Å². The van der Waals surface area contributed by atoms with Gasteiger partial charge < -0.3 is 110 Å². The van der Waals surface area contributed by atoms with E-state index >= 15 is 0 Å². The number of primary amides is 1. The van der Waals surface area contributed by atoms with Gasteiger partial charge in [0.05, 0.1) is 38.2 Å². The monoisotopic (exact) mass is 1560 g/mol. The van der Waals surface area contributed by atoms with Crippen molar-refractivity contribution in [1.82, 2.24) is 63.8 Å². The van der Waals surface area contributed by atoms with E-state index in [-0.39, 0.29) is 78.2 Å². The maximum atomic E-state index is 14.0. The number of carboxylic acid groups (broad SMARTS) is 1. The third kappa shape index (κ3) is 26.8. The molecule has 0 saturated heterocycles. The fourth-order valence-corrected chi connectivity index (χ4v) is 12.4. The molecule has 21 N–H and O–H groups in total. The van der Waals surface area contributed by atoms with Gasteiger partial charge in [-0.15, -0.1) is 0 Å². The number of anilines is 1. The largest absolute Gasteiger partial charge is 0.508 e. The number of aliphatic hydroxyl groups is 1. The molecular weight excluding hydrogens is 1460 g/mol. The van der Waals surface area contributed by atoms with Crippen LogP contribution in [0, 0.1) is 17.8 Å². The summed E-state index contributed by atoms with van der Waals surface area (Å²) in [4.78, 5) is 185. The number of hydrogen-bond acceptors (Lipinski definition) is 22. The van der Waals surface area contributed by atoms with Crippen molar-refractivity contribution in [3.63, 3.8) is 0 Å². The Labute approximate surface area is 640 Å². The van der Waals surface area contributed by atoms with Crippen LogP contribution >= 0.6 is 24.0 Å². The maximum absolute atomic E-state index is 14.0. The van der Waals surface area contributed by atoms with Crippen molar-refractivity contribution in [2.24, 2.45) is 29.2 Å². The molecule has 0 unspecified atom stereocenters. The number of carboxylic acids is 1. The zero-order chi connectivity index (χ0) is 80.8. The molecule has 2 aliphatic rings. The normalized spacial score (nSPS) is 14.9. The number of thiocarbonyl (C=S) groups is 1. The van der Waals surface area contributed by atoms with E-state index in [9.17, 15) is 87.5 Å². The fraction of sp³-hybridized carbons (Fsp3) is 0.542. The van der Waals surface area contributed by atoms with Crippen LogP contribution in [0.3, 0.4) is 0 Å². The first kappa shape index (κ1) is 89.2. The molecule has 35 nitrogen and oxygen atoms in total. The molecule has 10 atom stereocenters. The predicted molar refractivity (Wildman–Crippen MR) is 404 cm³/mol. The van der Waals surface area contributed by atoms with Crippen LogP contribution < -0.4 is 85.3 Å². The minimum absolute atomic E-state index is 0.00690. The second-order valence-electron chi connectivity index (χ2n) is 27.0. The summed E-state index contributed by atoms with van der Waals surface area (Å²) >= 11 is 6.91. The number of nitrogens with one attached hydrogen (secondary N) is 13. The summed E-state index contributed by atoms with van der Waals surface area (Å²) in [6, 6.07) is 2.90. The van der Waals surface area contributed by atoms with Gasteiger partial charge in [0.25, 0.3) is 0 Å². The van der Waals surface area contributed by atoms with Crippen molar-refractivity contribution in [3.8, 4) is 23.0 Å². The zero-order valence-corrected chi connectivity index (χ0v) is 63.9. The van der Waals surface area contributed by atoms with Gasteiger partial charge in [0.2, 0.25) is 70.9 Å². The number of nitrogens with two attached hydrogens (primary N) is 2. The third-order valence-corrected chi connectivity index (χ3v) is 19.0. The highest BCUT2D eigenvalue weighted by Gasteiger charge is 2.54. The number of ether oxygens (including phenoxy) is 2. The second-order valence-corrected chi connectivity index (χ2v) is 28.4. The summed E-state index contributed by atoms with van der Waals surface area (Å²) in [5, 5.41) is 73.6. The number of fused-ring (bicyclic) bond motifs is 6. The number of phenols is 2. The first-order valence-corrected chi connectivity index (χ1v) is 37.8. The highest BCUT2D eigenvalue weighted by atomic mass is 32.2. The van der Waals surface area contributed by atoms with Gasteiger partial charge in [0.1, 0.15) is 71.3 Å². The summed E-state index contributed by atoms with van der Waals surface area (Å²) in [6.07, 6.45) is 4.09. The lowest BCUT2D eigenvalue weighted by Crippen LogP contribution is -2.60. The molecule has 109 heavy (non-hydrogen) atoms. The molecule has 0 fully saturated rings. The van der Waals surface area contributed by atoms with Crippen LogP contribution in [0.5, 0.6) is 23.0 Å². The fourth-order valence-electron chi connectivity index (χ4n) is 11.7. The first-order chi connectivity index (χ1) is 51.7. The molecule has 3 aromatic carbocycles. The number of carbonyl (C=O) groups excluding carboxylic acids is 13. The molecule has 0 aromatic heterocycles. The van der Waals surface area contributed by atoms with Gasteiger partial charge >= 0.3 is 11.9 Å². The molecule has 5 rings (SSSR count). The summed E-state index contributed by atoms with van der Waals surface area (Å²) in [7, 11) is 0. The number of aromatic hydroxyl groups is 2. The summed E-state index contributed by atoms with van der Waals surface area (Å²) in [6.45, 7) is 9.37. The minimum Gasteiger partial charge on any atom is -0.508 e. The van der Waals surface area contributed by atoms with Crippen LogP contribution in [0.2, 0.25) is 0 Å². The number of phenolic OH excluding ortho intramolecular Hbond substituents is 2. The topological polar surface area (TPSA) is 547 Å². The van der Waals surface area contributed by atoms with Gasteiger partial charge in [-0.1, -0.05) is 66.9 Å². The summed E-state index contributed by atoms with van der Waals surface area (Å²) in [5.74, 6) is -12.6. The van der Waals surface area contributed by atoms with Crippen LogP contribution in [0.1, 0.15) is 153 Å². The van der Waals surface area contributed by atoms with Crippen LogP contribution in [0.25, 0.3) is 0 Å². The first-order valence-electron chi connectivity index (χ1n) is 36.0. The molecule has 12 amide bonds. The van der Waals surface area contributed by atoms with E-state index in [1.165, 1.54) is 43.0 Å². The van der Waals surface area contributed by atoms with Gasteiger partial charge in [-0.2, -0.15) is 11.8 Å². The van der Waals surface area contributed by atoms with E-state index in [0.717, 1.165) is 0 Å². The average Bonchev–Trinajstić information content (AvgIpc) is 1.60. The van der Waals surface area contributed by atoms with E-state index in [1.807, 2.05) is 0 Å². The van der Waals surface area contributed by atoms with Gasteiger partial charge in [-0.25, -0.2) is 9.59 Å². The molecule has 2 aliphatic heterocycles. The van der Waals surface area contributed by atoms with Crippen LogP contribution in [-0.2, 0) is 72.7 Å². The van der Waals surface area contributed by atoms with Gasteiger partial charge in [-0.05, 0) is 137 Å². The number of carbonyl (C=O) groups is 14. The van der Waals surface area contributed by atoms with Crippen LogP contribution in [0.15, 0.2) is 54.6 Å². The van der Waals surface area contributed by atoms with Gasteiger partial charge in [0, 0.05) is 47.5 Å². The van der Waals surface area contributed by atoms with Crippen molar-refractivity contribution >= 4 is 118 Å². The van der Waals surface area contributed by atoms with E-state index in [1.54, 1.807) is 78.1 Å². The molecular formula is C72H103N15O20S2. The van der Waals surface area contributed by atoms with Gasteiger partial charge in [0.15, 0.2) is 10.7 Å². The maximum Gasteiger partial charge on any atom is 0.340 e. The smallest absolute Gasteiger partial charge is 0.340 e. The number of esters is 1. The molecule has 0 aliphatic carbocycles. The number of aliphatic carboxylic acids is 1. The molecule has 0 bridgehead atoms. The Morgan fingerprint density at radius 3 is 1.68 bits per heavy atom. The molecule has 0 saturated carbocycles. The lowest BCUT2D eigenvalue weighted by atomic mass is 9.77.